The molecule has 86 valence electrons. The van der Waals surface area contributed by atoms with Gasteiger partial charge in [0.1, 0.15) is 0 Å². The average Bonchev–Trinajstić information content (AvgIpc) is 2.34. The van der Waals surface area contributed by atoms with Gasteiger partial charge >= 0.3 is 0 Å². The molecule has 0 bridgehead atoms. The van der Waals surface area contributed by atoms with Crippen LogP contribution in [0.4, 0.5) is 5.69 Å². The van der Waals surface area contributed by atoms with Gasteiger partial charge in [0, 0.05) is 13.1 Å². The fourth-order valence-corrected chi connectivity index (χ4v) is 1.76. The Labute approximate surface area is 95.4 Å². The molecule has 4 heteroatoms. The Bertz CT molecular complexity index is 345. The van der Waals surface area contributed by atoms with Crippen LogP contribution < -0.4 is 5.01 Å². The zero-order valence-corrected chi connectivity index (χ0v) is 9.43. The van der Waals surface area contributed by atoms with Gasteiger partial charge in [-0.1, -0.05) is 17.7 Å². The largest absolute Gasteiger partial charge is 0.379 e. The lowest BCUT2D eigenvalue weighted by atomic mass is 10.2. The maximum atomic E-state index is 11.1. The highest BCUT2D eigenvalue weighted by atomic mass is 16.5. The van der Waals surface area contributed by atoms with Crippen LogP contribution in [0.2, 0.25) is 0 Å². The van der Waals surface area contributed by atoms with Gasteiger partial charge in [0.25, 0.3) is 0 Å². The number of carbonyl (C=O) groups is 1. The van der Waals surface area contributed by atoms with Crippen LogP contribution in [0.3, 0.4) is 0 Å². The van der Waals surface area contributed by atoms with E-state index in [1.165, 1.54) is 5.56 Å². The van der Waals surface area contributed by atoms with E-state index in [9.17, 15) is 4.79 Å². The van der Waals surface area contributed by atoms with Crippen LogP contribution in [0.5, 0.6) is 0 Å². The number of benzene rings is 1. The van der Waals surface area contributed by atoms with Crippen LogP contribution in [0.15, 0.2) is 24.3 Å². The fraction of sp³-hybridized carbons (Fsp3) is 0.417. The second-order valence-electron chi connectivity index (χ2n) is 3.85. The third-order valence-electron chi connectivity index (χ3n) is 2.69. The summed E-state index contributed by atoms with van der Waals surface area (Å²) in [6.07, 6.45) is 0.857. The first-order valence-corrected chi connectivity index (χ1v) is 5.45. The third kappa shape index (κ3) is 2.40. The Hall–Kier alpha value is -1.39. The summed E-state index contributed by atoms with van der Waals surface area (Å²) < 4.78 is 5.27. The Balaban J connectivity index is 2.14. The number of amides is 1. The Kier molecular flexibility index (Phi) is 3.54. The predicted octanol–water partition coefficient (Wildman–Crippen LogP) is 1.21. The number of nitrogens with zero attached hydrogens (tertiary/aromatic N) is 2. The van der Waals surface area contributed by atoms with Crippen molar-refractivity contribution in [2.24, 2.45) is 0 Å². The molecule has 0 N–H and O–H groups in total. The number of hydrazine groups is 1. The van der Waals surface area contributed by atoms with Gasteiger partial charge < -0.3 is 4.74 Å². The number of rotatable bonds is 3. The number of hydrogen-bond donors (Lipinski definition) is 0. The quantitative estimate of drug-likeness (QED) is 0.718. The number of morpholine rings is 1. The van der Waals surface area contributed by atoms with E-state index in [1.54, 1.807) is 5.01 Å². The highest BCUT2D eigenvalue weighted by Crippen LogP contribution is 2.16. The van der Waals surface area contributed by atoms with E-state index >= 15 is 0 Å². The molecule has 1 aromatic rings. The van der Waals surface area contributed by atoms with Crippen molar-refractivity contribution in [2.75, 3.05) is 31.3 Å². The molecule has 1 amide bonds. The third-order valence-corrected chi connectivity index (χ3v) is 2.69. The molecule has 0 aromatic heterocycles. The molecule has 0 radical (unpaired) electrons. The Morgan fingerprint density at radius 3 is 2.44 bits per heavy atom. The minimum atomic E-state index is 0.677. The number of ether oxygens (including phenoxy) is 1. The second-order valence-corrected chi connectivity index (χ2v) is 3.85. The molecule has 1 aliphatic heterocycles. The maximum Gasteiger partial charge on any atom is 0.228 e. The van der Waals surface area contributed by atoms with E-state index in [0.717, 1.165) is 25.2 Å². The molecule has 1 saturated heterocycles. The first-order chi connectivity index (χ1) is 7.81. The molecule has 2 rings (SSSR count). The molecule has 0 saturated carbocycles. The normalized spacial score (nSPS) is 17.1. The van der Waals surface area contributed by atoms with Crippen LogP contribution >= 0.6 is 0 Å². The van der Waals surface area contributed by atoms with Crippen LogP contribution in [0.25, 0.3) is 0 Å². The molecular formula is C12H16N2O2. The van der Waals surface area contributed by atoms with Crippen LogP contribution in [-0.2, 0) is 9.53 Å². The molecule has 16 heavy (non-hydrogen) atoms. The maximum absolute atomic E-state index is 11.1. The summed E-state index contributed by atoms with van der Waals surface area (Å²) in [6, 6.07) is 7.93. The van der Waals surface area contributed by atoms with Crippen molar-refractivity contribution in [3.05, 3.63) is 29.8 Å². The molecule has 0 unspecified atom stereocenters. The van der Waals surface area contributed by atoms with Gasteiger partial charge in [-0.25, -0.2) is 10.0 Å². The molecule has 0 aliphatic carbocycles. The summed E-state index contributed by atoms with van der Waals surface area (Å²) in [5.74, 6) is 0. The summed E-state index contributed by atoms with van der Waals surface area (Å²) in [7, 11) is 0. The number of aryl methyl sites for hydroxylation is 1. The number of anilines is 1. The van der Waals surface area contributed by atoms with Crippen molar-refractivity contribution in [3.63, 3.8) is 0 Å². The molecule has 0 spiro atoms. The molecule has 1 heterocycles. The first-order valence-electron chi connectivity index (χ1n) is 5.45. The van der Waals surface area contributed by atoms with Gasteiger partial charge in [0.05, 0.1) is 18.9 Å². The second kappa shape index (κ2) is 5.09. The van der Waals surface area contributed by atoms with Crippen LogP contribution in [0.1, 0.15) is 5.56 Å². The van der Waals surface area contributed by atoms with Crippen molar-refractivity contribution < 1.29 is 9.53 Å². The van der Waals surface area contributed by atoms with E-state index < -0.39 is 0 Å². The van der Waals surface area contributed by atoms with Crippen molar-refractivity contribution in [2.45, 2.75) is 6.92 Å². The van der Waals surface area contributed by atoms with Crippen molar-refractivity contribution in [3.8, 4) is 0 Å². The van der Waals surface area contributed by atoms with E-state index in [0.29, 0.717) is 13.2 Å². The standard InChI is InChI=1S/C12H16N2O2/c1-11-2-4-12(5-3-11)14(10-15)13-6-8-16-9-7-13/h2-5,10H,6-9H2,1H3. The molecular weight excluding hydrogens is 204 g/mol. The molecule has 4 nitrogen and oxygen atoms in total. The summed E-state index contributed by atoms with van der Waals surface area (Å²) >= 11 is 0. The Morgan fingerprint density at radius 1 is 1.25 bits per heavy atom. The lowest BCUT2D eigenvalue weighted by Crippen LogP contribution is -2.48. The fourth-order valence-electron chi connectivity index (χ4n) is 1.76. The summed E-state index contributed by atoms with van der Waals surface area (Å²) in [4.78, 5) is 11.1. The zero-order chi connectivity index (χ0) is 11.4. The van der Waals surface area contributed by atoms with Gasteiger partial charge in [0.15, 0.2) is 0 Å². The lowest BCUT2D eigenvalue weighted by molar-refractivity contribution is -0.111. The van der Waals surface area contributed by atoms with E-state index in [1.807, 2.05) is 36.2 Å². The predicted molar refractivity (Wildman–Crippen MR) is 62.1 cm³/mol. The highest BCUT2D eigenvalue weighted by molar-refractivity contribution is 5.73. The van der Waals surface area contributed by atoms with Gasteiger partial charge in [0.2, 0.25) is 6.41 Å². The average molecular weight is 220 g/mol. The lowest BCUT2D eigenvalue weighted by Gasteiger charge is -2.34. The van der Waals surface area contributed by atoms with Crippen LogP contribution in [0, 0.1) is 6.92 Å². The Morgan fingerprint density at radius 2 is 1.88 bits per heavy atom. The summed E-state index contributed by atoms with van der Waals surface area (Å²) in [6.45, 7) is 4.90. The molecule has 1 aliphatic rings. The SMILES string of the molecule is Cc1ccc(N(C=O)N2CCOCC2)cc1. The first kappa shape index (κ1) is 11.1. The van der Waals surface area contributed by atoms with Crippen molar-refractivity contribution >= 4 is 12.1 Å². The zero-order valence-electron chi connectivity index (χ0n) is 9.43. The highest BCUT2D eigenvalue weighted by Gasteiger charge is 2.18. The van der Waals surface area contributed by atoms with Crippen molar-refractivity contribution in [1.29, 1.82) is 0 Å². The van der Waals surface area contributed by atoms with E-state index in [-0.39, 0.29) is 0 Å². The number of carbonyl (C=O) groups excluding carboxylic acids is 1. The van der Waals surface area contributed by atoms with Crippen molar-refractivity contribution in [1.82, 2.24) is 5.01 Å². The smallest absolute Gasteiger partial charge is 0.228 e. The summed E-state index contributed by atoms with van der Waals surface area (Å²) in [5.41, 5.74) is 2.10. The molecule has 1 aromatic carbocycles. The van der Waals surface area contributed by atoms with Gasteiger partial charge in [-0.3, -0.25) is 4.79 Å². The monoisotopic (exact) mass is 220 g/mol. The minimum absolute atomic E-state index is 0.677. The topological polar surface area (TPSA) is 32.8 Å². The van der Waals surface area contributed by atoms with E-state index in [4.69, 9.17) is 4.74 Å². The minimum Gasteiger partial charge on any atom is -0.379 e. The van der Waals surface area contributed by atoms with Gasteiger partial charge in [-0.05, 0) is 19.1 Å². The summed E-state index contributed by atoms with van der Waals surface area (Å²) in [5, 5.41) is 3.66. The van der Waals surface area contributed by atoms with E-state index in [2.05, 4.69) is 0 Å². The molecule has 1 fully saturated rings. The van der Waals surface area contributed by atoms with Gasteiger partial charge in [-0.15, -0.1) is 0 Å². The van der Waals surface area contributed by atoms with Crippen LogP contribution in [-0.4, -0.2) is 37.7 Å². The number of hydrogen-bond acceptors (Lipinski definition) is 3. The molecule has 0 atom stereocenters. The van der Waals surface area contributed by atoms with Gasteiger partial charge in [-0.2, -0.15) is 0 Å².